The fourth-order valence-electron chi connectivity index (χ4n) is 1.65. The van der Waals surface area contributed by atoms with Crippen molar-refractivity contribution in [2.24, 2.45) is 5.73 Å². The molecular weight excluding hydrogens is 188 g/mol. The zero-order valence-electron chi connectivity index (χ0n) is 10.4. The van der Waals surface area contributed by atoms with Crippen molar-refractivity contribution in [3.8, 4) is 0 Å². The molecule has 0 aliphatic rings. The van der Waals surface area contributed by atoms with E-state index in [1.54, 1.807) is 0 Å². The second kappa shape index (κ2) is 8.53. The van der Waals surface area contributed by atoms with Gasteiger partial charge in [0.05, 0.1) is 0 Å². The zero-order valence-corrected chi connectivity index (χ0v) is 10.4. The fraction of sp³-hybridized carbons (Fsp3) is 0.909. The highest BCUT2D eigenvalue weighted by atomic mass is 15.2. The summed E-state index contributed by atoms with van der Waals surface area (Å²) in [4.78, 5) is 4.27. The third-order valence-electron chi connectivity index (χ3n) is 2.41. The van der Waals surface area contributed by atoms with Crippen molar-refractivity contribution >= 4 is 5.96 Å². The molecule has 0 spiro atoms. The van der Waals surface area contributed by atoms with Gasteiger partial charge in [-0.1, -0.05) is 13.8 Å². The SMILES string of the molecule is CCCN(C)CCCN(CCC)C(=N)N. The van der Waals surface area contributed by atoms with Gasteiger partial charge in [-0.25, -0.2) is 0 Å². The molecule has 0 saturated carbocycles. The topological polar surface area (TPSA) is 56.4 Å². The molecule has 15 heavy (non-hydrogen) atoms. The molecule has 0 saturated heterocycles. The molecule has 0 fully saturated rings. The van der Waals surface area contributed by atoms with Crippen LogP contribution in [0, 0.1) is 5.41 Å². The lowest BCUT2D eigenvalue weighted by atomic mass is 10.3. The highest BCUT2D eigenvalue weighted by Gasteiger charge is 2.05. The highest BCUT2D eigenvalue weighted by molar-refractivity contribution is 5.74. The summed E-state index contributed by atoms with van der Waals surface area (Å²) in [7, 11) is 2.14. The average molecular weight is 214 g/mol. The van der Waals surface area contributed by atoms with Crippen LogP contribution in [0.2, 0.25) is 0 Å². The maximum atomic E-state index is 7.41. The van der Waals surface area contributed by atoms with Crippen molar-refractivity contribution < 1.29 is 0 Å². The Morgan fingerprint density at radius 1 is 1.07 bits per heavy atom. The van der Waals surface area contributed by atoms with Crippen LogP contribution in [0.1, 0.15) is 33.1 Å². The van der Waals surface area contributed by atoms with E-state index in [1.807, 2.05) is 4.90 Å². The van der Waals surface area contributed by atoms with Gasteiger partial charge < -0.3 is 15.5 Å². The number of nitrogens with zero attached hydrogens (tertiary/aromatic N) is 2. The number of guanidine groups is 1. The molecule has 0 rings (SSSR count). The molecule has 0 aliphatic heterocycles. The van der Waals surface area contributed by atoms with Gasteiger partial charge >= 0.3 is 0 Å². The molecule has 3 N–H and O–H groups in total. The van der Waals surface area contributed by atoms with Crippen LogP contribution in [0.4, 0.5) is 0 Å². The first-order valence-electron chi connectivity index (χ1n) is 5.89. The maximum Gasteiger partial charge on any atom is 0.188 e. The molecule has 0 radical (unpaired) electrons. The standard InChI is InChI=1S/C11H26N4/c1-4-7-14(3)9-6-10-15(8-5-2)11(12)13/h4-10H2,1-3H3,(H3,12,13). The third-order valence-corrected chi connectivity index (χ3v) is 2.41. The van der Waals surface area contributed by atoms with Gasteiger partial charge in [0.2, 0.25) is 0 Å². The minimum absolute atomic E-state index is 0.204. The summed E-state index contributed by atoms with van der Waals surface area (Å²) in [6, 6.07) is 0. The van der Waals surface area contributed by atoms with E-state index in [0.717, 1.165) is 39.0 Å². The molecule has 0 aromatic rings. The van der Waals surface area contributed by atoms with Crippen molar-refractivity contribution in [1.82, 2.24) is 9.80 Å². The Morgan fingerprint density at radius 3 is 2.13 bits per heavy atom. The first-order chi connectivity index (χ1) is 7.11. The largest absolute Gasteiger partial charge is 0.370 e. The Hall–Kier alpha value is -0.770. The van der Waals surface area contributed by atoms with E-state index in [-0.39, 0.29) is 5.96 Å². The maximum absolute atomic E-state index is 7.41. The van der Waals surface area contributed by atoms with Crippen LogP contribution in [-0.2, 0) is 0 Å². The Balaban J connectivity index is 3.65. The van der Waals surface area contributed by atoms with Gasteiger partial charge in [-0.05, 0) is 39.4 Å². The first-order valence-corrected chi connectivity index (χ1v) is 5.89. The van der Waals surface area contributed by atoms with Crippen molar-refractivity contribution in [1.29, 1.82) is 5.41 Å². The summed E-state index contributed by atoms with van der Waals surface area (Å²) < 4.78 is 0. The van der Waals surface area contributed by atoms with E-state index in [9.17, 15) is 0 Å². The summed E-state index contributed by atoms with van der Waals surface area (Å²) in [5.74, 6) is 0.204. The summed E-state index contributed by atoms with van der Waals surface area (Å²) in [6.45, 7) is 8.33. The normalized spacial score (nSPS) is 10.7. The smallest absolute Gasteiger partial charge is 0.188 e. The van der Waals surface area contributed by atoms with Crippen LogP contribution < -0.4 is 5.73 Å². The van der Waals surface area contributed by atoms with Crippen LogP contribution in [0.3, 0.4) is 0 Å². The quantitative estimate of drug-likeness (QED) is 0.473. The molecule has 4 nitrogen and oxygen atoms in total. The van der Waals surface area contributed by atoms with Gasteiger partial charge in [0.1, 0.15) is 0 Å². The van der Waals surface area contributed by atoms with Crippen molar-refractivity contribution in [3.63, 3.8) is 0 Å². The Labute approximate surface area is 93.9 Å². The number of nitrogens with one attached hydrogen (secondary N) is 1. The van der Waals surface area contributed by atoms with Crippen LogP contribution in [0.15, 0.2) is 0 Å². The van der Waals surface area contributed by atoms with Crippen molar-refractivity contribution in [3.05, 3.63) is 0 Å². The molecule has 4 heteroatoms. The van der Waals surface area contributed by atoms with Gasteiger partial charge in [-0.2, -0.15) is 0 Å². The lowest BCUT2D eigenvalue weighted by Crippen LogP contribution is -2.38. The van der Waals surface area contributed by atoms with Gasteiger partial charge in [0.25, 0.3) is 0 Å². The lowest BCUT2D eigenvalue weighted by molar-refractivity contribution is 0.304. The second-order valence-corrected chi connectivity index (χ2v) is 4.03. The Bertz CT molecular complexity index is 170. The highest BCUT2D eigenvalue weighted by Crippen LogP contribution is 1.95. The number of hydrogen-bond acceptors (Lipinski definition) is 2. The monoisotopic (exact) mass is 214 g/mol. The van der Waals surface area contributed by atoms with Gasteiger partial charge in [-0.15, -0.1) is 0 Å². The predicted octanol–water partition coefficient (Wildman–Crippen LogP) is 1.32. The molecule has 0 bridgehead atoms. The molecule has 0 unspecified atom stereocenters. The van der Waals surface area contributed by atoms with Crippen LogP contribution in [0.25, 0.3) is 0 Å². The number of hydrogen-bond donors (Lipinski definition) is 2. The molecule has 0 heterocycles. The van der Waals surface area contributed by atoms with Gasteiger partial charge in [0.15, 0.2) is 5.96 Å². The molecule has 0 atom stereocenters. The summed E-state index contributed by atoms with van der Waals surface area (Å²) in [5.41, 5.74) is 5.49. The molecule has 90 valence electrons. The van der Waals surface area contributed by atoms with E-state index in [4.69, 9.17) is 11.1 Å². The number of rotatable bonds is 8. The van der Waals surface area contributed by atoms with E-state index >= 15 is 0 Å². The van der Waals surface area contributed by atoms with E-state index < -0.39 is 0 Å². The summed E-state index contributed by atoms with van der Waals surface area (Å²) in [6.07, 6.45) is 3.32. The molecule has 0 aromatic carbocycles. The second-order valence-electron chi connectivity index (χ2n) is 4.03. The van der Waals surface area contributed by atoms with Crippen molar-refractivity contribution in [2.45, 2.75) is 33.1 Å². The molecule has 0 amide bonds. The minimum atomic E-state index is 0.204. The average Bonchev–Trinajstić information content (AvgIpc) is 2.16. The van der Waals surface area contributed by atoms with E-state index in [1.165, 1.54) is 6.42 Å². The van der Waals surface area contributed by atoms with Crippen LogP contribution >= 0.6 is 0 Å². The molecular formula is C11H26N4. The third kappa shape index (κ3) is 7.19. The predicted molar refractivity (Wildman–Crippen MR) is 66.2 cm³/mol. The summed E-state index contributed by atoms with van der Waals surface area (Å²) in [5, 5.41) is 7.41. The Kier molecular flexibility index (Phi) is 8.09. The first kappa shape index (κ1) is 14.2. The van der Waals surface area contributed by atoms with Crippen molar-refractivity contribution in [2.75, 3.05) is 33.2 Å². The number of nitrogens with two attached hydrogens (primary N) is 1. The molecule has 0 aromatic heterocycles. The Morgan fingerprint density at radius 2 is 1.67 bits per heavy atom. The molecule has 0 aliphatic carbocycles. The minimum Gasteiger partial charge on any atom is -0.370 e. The van der Waals surface area contributed by atoms with E-state index in [0.29, 0.717) is 0 Å². The van der Waals surface area contributed by atoms with Gasteiger partial charge in [0, 0.05) is 13.1 Å². The van der Waals surface area contributed by atoms with Crippen LogP contribution in [0.5, 0.6) is 0 Å². The fourth-order valence-corrected chi connectivity index (χ4v) is 1.65. The lowest BCUT2D eigenvalue weighted by Gasteiger charge is -2.23. The van der Waals surface area contributed by atoms with E-state index in [2.05, 4.69) is 25.8 Å². The van der Waals surface area contributed by atoms with Gasteiger partial charge in [-0.3, -0.25) is 5.41 Å². The summed E-state index contributed by atoms with van der Waals surface area (Å²) >= 11 is 0. The van der Waals surface area contributed by atoms with Crippen LogP contribution in [-0.4, -0.2) is 49.0 Å². The zero-order chi connectivity index (χ0) is 11.7.